The molecule has 0 aliphatic heterocycles. The molecule has 0 aliphatic rings. The van der Waals surface area contributed by atoms with Crippen LogP contribution in [0.1, 0.15) is 64.7 Å². The second kappa shape index (κ2) is 19.7. The molecule has 0 saturated carbocycles. The van der Waals surface area contributed by atoms with Crippen molar-refractivity contribution in [1.82, 2.24) is 5.32 Å². The van der Waals surface area contributed by atoms with Crippen molar-refractivity contribution >= 4 is 5.97 Å². The number of aliphatic hydroxyl groups excluding tert-OH is 1. The van der Waals surface area contributed by atoms with Gasteiger partial charge in [-0.05, 0) is 44.9 Å². The first-order chi connectivity index (χ1) is 12.7. The van der Waals surface area contributed by atoms with Crippen LogP contribution >= 0.6 is 0 Å². The van der Waals surface area contributed by atoms with E-state index >= 15 is 0 Å². The SMILES string of the molecule is CCCCCC=CCC=CCC=CCC=CCCC(NCCO)C(=O)O. The summed E-state index contributed by atoms with van der Waals surface area (Å²) in [5.41, 5.74) is 0. The van der Waals surface area contributed by atoms with Crippen molar-refractivity contribution in [1.29, 1.82) is 0 Å². The van der Waals surface area contributed by atoms with Gasteiger partial charge in [0.15, 0.2) is 0 Å². The normalized spacial score (nSPS) is 13.6. The predicted octanol–water partition coefficient (Wildman–Crippen LogP) is 4.78. The largest absolute Gasteiger partial charge is 0.480 e. The van der Waals surface area contributed by atoms with Gasteiger partial charge in [0, 0.05) is 6.54 Å². The molecule has 0 spiro atoms. The topological polar surface area (TPSA) is 69.6 Å². The summed E-state index contributed by atoms with van der Waals surface area (Å²) < 4.78 is 0. The lowest BCUT2D eigenvalue weighted by Crippen LogP contribution is -2.38. The molecule has 4 nitrogen and oxygen atoms in total. The fourth-order valence-corrected chi connectivity index (χ4v) is 2.38. The first-order valence-corrected chi connectivity index (χ1v) is 9.89. The molecular formula is C22H37NO3. The number of hydrogen-bond donors (Lipinski definition) is 3. The Morgan fingerprint density at radius 1 is 0.885 bits per heavy atom. The lowest BCUT2D eigenvalue weighted by Gasteiger charge is -2.11. The highest BCUT2D eigenvalue weighted by Gasteiger charge is 2.14. The first kappa shape index (κ1) is 24.4. The van der Waals surface area contributed by atoms with Crippen molar-refractivity contribution in [2.75, 3.05) is 13.2 Å². The van der Waals surface area contributed by atoms with E-state index in [4.69, 9.17) is 10.2 Å². The third kappa shape index (κ3) is 17.2. The molecule has 4 heteroatoms. The molecule has 0 aromatic heterocycles. The van der Waals surface area contributed by atoms with Gasteiger partial charge in [-0.15, -0.1) is 0 Å². The zero-order valence-corrected chi connectivity index (χ0v) is 16.3. The minimum atomic E-state index is -0.866. The molecule has 0 radical (unpaired) electrons. The van der Waals surface area contributed by atoms with Crippen LogP contribution in [0.5, 0.6) is 0 Å². The van der Waals surface area contributed by atoms with Crippen LogP contribution in [0.4, 0.5) is 0 Å². The summed E-state index contributed by atoms with van der Waals surface area (Å²) in [6.45, 7) is 2.49. The number of nitrogens with one attached hydrogen (secondary N) is 1. The van der Waals surface area contributed by atoms with Crippen molar-refractivity contribution in [3.05, 3.63) is 48.6 Å². The fraction of sp³-hybridized carbons (Fsp3) is 0.591. The van der Waals surface area contributed by atoms with Crippen LogP contribution in [0, 0.1) is 0 Å². The van der Waals surface area contributed by atoms with Crippen LogP contribution in [0.25, 0.3) is 0 Å². The second-order valence-corrected chi connectivity index (χ2v) is 6.23. The number of unbranched alkanes of at least 4 members (excludes halogenated alkanes) is 3. The molecule has 0 amide bonds. The number of carboxylic acid groups (broad SMARTS) is 1. The first-order valence-electron chi connectivity index (χ1n) is 9.89. The van der Waals surface area contributed by atoms with Crippen LogP contribution in [0.2, 0.25) is 0 Å². The Morgan fingerprint density at radius 3 is 1.92 bits per heavy atom. The highest BCUT2D eigenvalue weighted by molar-refractivity contribution is 5.73. The van der Waals surface area contributed by atoms with Crippen molar-refractivity contribution in [3.63, 3.8) is 0 Å². The quantitative estimate of drug-likeness (QED) is 0.257. The molecule has 26 heavy (non-hydrogen) atoms. The van der Waals surface area contributed by atoms with Gasteiger partial charge in [0.25, 0.3) is 0 Å². The number of carbonyl (C=O) groups is 1. The third-order valence-corrected chi connectivity index (χ3v) is 3.88. The summed E-state index contributed by atoms with van der Waals surface area (Å²) in [6, 6.07) is -0.590. The van der Waals surface area contributed by atoms with E-state index in [1.54, 1.807) is 0 Å². The van der Waals surface area contributed by atoms with Gasteiger partial charge in [0.05, 0.1) is 6.61 Å². The Kier molecular flexibility index (Phi) is 18.4. The highest BCUT2D eigenvalue weighted by Crippen LogP contribution is 2.02. The van der Waals surface area contributed by atoms with Crippen molar-refractivity contribution < 1.29 is 15.0 Å². The van der Waals surface area contributed by atoms with E-state index in [1.165, 1.54) is 25.7 Å². The van der Waals surface area contributed by atoms with Gasteiger partial charge in [0.1, 0.15) is 6.04 Å². The summed E-state index contributed by atoms with van der Waals surface area (Å²) in [6.07, 6.45) is 26.4. The molecule has 0 heterocycles. The van der Waals surface area contributed by atoms with E-state index < -0.39 is 12.0 Å². The number of allylic oxidation sites excluding steroid dienone is 8. The number of rotatable bonds is 17. The van der Waals surface area contributed by atoms with Crippen LogP contribution in [-0.4, -0.2) is 35.4 Å². The molecule has 0 saturated heterocycles. The molecule has 1 atom stereocenters. The maximum atomic E-state index is 11.0. The fourth-order valence-electron chi connectivity index (χ4n) is 2.38. The molecule has 0 rings (SSSR count). The molecule has 148 valence electrons. The van der Waals surface area contributed by atoms with Crippen LogP contribution in [0.3, 0.4) is 0 Å². The van der Waals surface area contributed by atoms with Crippen molar-refractivity contribution in [2.24, 2.45) is 0 Å². The zero-order valence-electron chi connectivity index (χ0n) is 16.3. The van der Waals surface area contributed by atoms with E-state index in [2.05, 4.69) is 54.8 Å². The Labute approximate surface area is 159 Å². The maximum Gasteiger partial charge on any atom is 0.320 e. The average molecular weight is 364 g/mol. The predicted molar refractivity (Wildman–Crippen MR) is 110 cm³/mol. The summed E-state index contributed by atoms with van der Waals surface area (Å²) in [4.78, 5) is 11.0. The van der Waals surface area contributed by atoms with Gasteiger partial charge in [-0.2, -0.15) is 0 Å². The molecule has 0 aliphatic carbocycles. The lowest BCUT2D eigenvalue weighted by atomic mass is 10.1. The molecule has 1 unspecified atom stereocenters. The molecule has 0 aromatic carbocycles. The molecule has 3 N–H and O–H groups in total. The van der Waals surface area contributed by atoms with Gasteiger partial charge in [-0.3, -0.25) is 4.79 Å². The van der Waals surface area contributed by atoms with E-state index in [1.807, 2.05) is 6.08 Å². The smallest absolute Gasteiger partial charge is 0.320 e. The molecule has 0 bridgehead atoms. The summed E-state index contributed by atoms with van der Waals surface area (Å²) >= 11 is 0. The Morgan fingerprint density at radius 2 is 1.42 bits per heavy atom. The maximum absolute atomic E-state index is 11.0. The Balaban J connectivity index is 3.65. The summed E-state index contributed by atoms with van der Waals surface area (Å²) in [5.74, 6) is -0.866. The molecule has 0 aromatic rings. The van der Waals surface area contributed by atoms with Gasteiger partial charge in [0.2, 0.25) is 0 Å². The van der Waals surface area contributed by atoms with Crippen LogP contribution in [0.15, 0.2) is 48.6 Å². The summed E-state index contributed by atoms with van der Waals surface area (Å²) in [7, 11) is 0. The minimum absolute atomic E-state index is 0.0475. The zero-order chi connectivity index (χ0) is 19.3. The van der Waals surface area contributed by atoms with Crippen LogP contribution in [-0.2, 0) is 4.79 Å². The molecule has 0 fully saturated rings. The van der Waals surface area contributed by atoms with Gasteiger partial charge >= 0.3 is 5.97 Å². The second-order valence-electron chi connectivity index (χ2n) is 6.23. The number of aliphatic carboxylic acids is 1. The monoisotopic (exact) mass is 363 g/mol. The highest BCUT2D eigenvalue weighted by atomic mass is 16.4. The number of hydrogen-bond acceptors (Lipinski definition) is 3. The lowest BCUT2D eigenvalue weighted by molar-refractivity contribution is -0.139. The van der Waals surface area contributed by atoms with Gasteiger partial charge < -0.3 is 15.5 Å². The van der Waals surface area contributed by atoms with E-state index in [-0.39, 0.29) is 6.61 Å². The number of aliphatic hydroxyl groups is 1. The van der Waals surface area contributed by atoms with Gasteiger partial charge in [-0.25, -0.2) is 0 Å². The van der Waals surface area contributed by atoms with Crippen molar-refractivity contribution in [2.45, 2.75) is 70.8 Å². The molecular weight excluding hydrogens is 326 g/mol. The third-order valence-electron chi connectivity index (χ3n) is 3.88. The van der Waals surface area contributed by atoms with Gasteiger partial charge in [-0.1, -0.05) is 68.4 Å². The Bertz CT molecular complexity index is 439. The summed E-state index contributed by atoms with van der Waals surface area (Å²) in [5, 5.41) is 20.6. The van der Waals surface area contributed by atoms with Crippen molar-refractivity contribution in [3.8, 4) is 0 Å². The number of carboxylic acids is 1. The van der Waals surface area contributed by atoms with Crippen LogP contribution < -0.4 is 5.32 Å². The Hall–Kier alpha value is -1.65. The average Bonchev–Trinajstić information content (AvgIpc) is 2.63. The van der Waals surface area contributed by atoms with E-state index in [0.717, 1.165) is 19.3 Å². The van der Waals surface area contributed by atoms with E-state index in [9.17, 15) is 4.79 Å². The minimum Gasteiger partial charge on any atom is -0.480 e. The standard InChI is InChI=1S/C22H37NO3/c1-2-3-4-5-6-7-8-9-10-11-12-13-14-15-16-17-18-21(22(25)26)23-19-20-24/h6-7,9-10,12-13,15-16,21,23-24H,2-5,8,11,14,17-20H2,1H3,(H,25,26). The van der Waals surface area contributed by atoms with E-state index in [0.29, 0.717) is 19.4 Å².